The molecule has 0 amide bonds. The summed E-state index contributed by atoms with van der Waals surface area (Å²) >= 11 is -0.928. The van der Waals surface area contributed by atoms with Gasteiger partial charge in [-0.25, -0.2) is 0 Å². The molecule has 3 aliphatic rings. The van der Waals surface area contributed by atoms with E-state index in [1.54, 1.807) is 30.5 Å². The van der Waals surface area contributed by atoms with E-state index in [0.717, 1.165) is 28.9 Å². The minimum atomic E-state index is -2.72. The van der Waals surface area contributed by atoms with E-state index >= 15 is 4.39 Å². The number of fused-ring (bicyclic) bond motifs is 2. The van der Waals surface area contributed by atoms with Gasteiger partial charge in [0, 0.05) is 0 Å². The molecule has 0 aromatic carbocycles. The predicted octanol–water partition coefficient (Wildman–Crippen LogP) is -0.105. The van der Waals surface area contributed by atoms with Crippen LogP contribution in [0.2, 0.25) is 0 Å². The van der Waals surface area contributed by atoms with Crippen molar-refractivity contribution in [3.8, 4) is 11.3 Å². The molecule has 2 aliphatic heterocycles. The van der Waals surface area contributed by atoms with Gasteiger partial charge in [0.15, 0.2) is 0 Å². The molecule has 2 aromatic heterocycles. The van der Waals surface area contributed by atoms with E-state index in [4.69, 9.17) is 4.74 Å². The van der Waals surface area contributed by atoms with Gasteiger partial charge in [0.2, 0.25) is 0 Å². The van der Waals surface area contributed by atoms with E-state index in [-0.39, 0.29) is 37.0 Å². The summed E-state index contributed by atoms with van der Waals surface area (Å²) in [6.45, 7) is 1.80. The summed E-state index contributed by atoms with van der Waals surface area (Å²) in [5.74, 6) is -3.21. The molecule has 6 nitrogen and oxygen atoms in total. The summed E-state index contributed by atoms with van der Waals surface area (Å²) in [6.07, 6.45) is 12.7. The van der Waals surface area contributed by atoms with Crippen LogP contribution in [0.3, 0.4) is 0 Å². The normalized spacial score (nSPS) is 24.3. The summed E-state index contributed by atoms with van der Waals surface area (Å²) in [5.41, 5.74) is 2.26. The molecule has 0 unspecified atom stereocenters. The summed E-state index contributed by atoms with van der Waals surface area (Å²) in [7, 11) is 1.65. The van der Waals surface area contributed by atoms with Gasteiger partial charge in [-0.2, -0.15) is 0 Å². The van der Waals surface area contributed by atoms with E-state index in [9.17, 15) is 8.78 Å². The Morgan fingerprint density at radius 1 is 1.26 bits per heavy atom. The maximum atomic E-state index is 15.8. The van der Waals surface area contributed by atoms with E-state index in [2.05, 4.69) is 36.7 Å². The SMILES string of the molecule is C/C1=c2\c(-c3ncc4c(c3F)NC(OC[C@@H]3CC(F)(F)CN3C)=N[I-]4)cnc\c2=C\CC=CC1. The minimum absolute atomic E-state index is 0.0597. The number of anilines is 1. The number of nitrogens with one attached hydrogen (secondary N) is 1. The van der Waals surface area contributed by atoms with Gasteiger partial charge >= 0.3 is 206 Å². The van der Waals surface area contributed by atoms with Crippen LogP contribution < -0.4 is 37.2 Å². The third kappa shape index (κ3) is 4.57. The molecule has 180 valence electrons. The fourth-order valence-corrected chi connectivity index (χ4v) is 6.08. The monoisotopic (exact) mass is 582 g/mol. The number of amidine groups is 1. The van der Waals surface area contributed by atoms with Crippen molar-refractivity contribution in [2.24, 2.45) is 3.21 Å². The molecule has 0 radical (unpaired) electrons. The van der Waals surface area contributed by atoms with Crippen molar-refractivity contribution < 1.29 is 39.4 Å². The molecule has 10 heteroatoms. The third-order valence-electron chi connectivity index (χ3n) is 6.19. The van der Waals surface area contributed by atoms with Crippen LogP contribution in [0.25, 0.3) is 22.9 Å². The predicted molar refractivity (Wildman–Crippen MR) is 120 cm³/mol. The summed E-state index contributed by atoms with van der Waals surface area (Å²) in [4.78, 5) is 10.4. The van der Waals surface area contributed by atoms with Gasteiger partial charge in [-0.1, -0.05) is 0 Å². The number of hydrogen-bond donors (Lipinski definition) is 1. The molecule has 0 saturated carbocycles. The van der Waals surface area contributed by atoms with Crippen LogP contribution in [-0.4, -0.2) is 53.1 Å². The Hall–Kier alpha value is -2.47. The number of rotatable bonds is 3. The van der Waals surface area contributed by atoms with E-state index in [0.29, 0.717) is 9.13 Å². The Balaban J connectivity index is 1.44. The Morgan fingerprint density at radius 2 is 2.12 bits per heavy atom. The van der Waals surface area contributed by atoms with Crippen molar-refractivity contribution in [1.29, 1.82) is 0 Å². The number of allylic oxidation sites excluding steroid dienone is 2. The Kier molecular flexibility index (Phi) is 6.36. The molecule has 34 heavy (non-hydrogen) atoms. The first-order valence-electron chi connectivity index (χ1n) is 11.0. The standard InChI is InChI=1S/C24H24F3IN5O/c1-14-6-4-3-5-7-15-9-29-10-17(19(14)15)21-20(25)22-18(11-30-21)28-32-23(31-22)34-12-16-8-24(26,27)13-33(16)2/h3-4,7,9-11,16H,5-6,8,12-13H2,1-2H3,(H,31,32)/q-1/b4-3?,15-7-,19-14+/t16-/m0/s1. The van der Waals surface area contributed by atoms with Crippen LogP contribution in [0.5, 0.6) is 0 Å². The number of hydrogen-bond acceptors (Lipinski definition) is 6. The molecule has 0 spiro atoms. The zero-order chi connectivity index (χ0) is 23.9. The van der Waals surface area contributed by atoms with Gasteiger partial charge in [-0.3, -0.25) is 0 Å². The number of likely N-dealkylation sites (N-methyl/N-ethyl adjacent to an activating group) is 1. The fourth-order valence-electron chi connectivity index (χ4n) is 4.47. The zero-order valence-corrected chi connectivity index (χ0v) is 20.9. The number of ether oxygens (including phenoxy) is 1. The second-order valence-electron chi connectivity index (χ2n) is 8.73. The number of pyridine rings is 2. The zero-order valence-electron chi connectivity index (χ0n) is 18.8. The second kappa shape index (κ2) is 9.29. The number of nitrogens with zero attached hydrogens (tertiary/aromatic N) is 4. The van der Waals surface area contributed by atoms with E-state index in [1.807, 2.05) is 6.92 Å². The topological polar surface area (TPSA) is 62.6 Å². The van der Waals surface area contributed by atoms with Gasteiger partial charge in [-0.15, -0.1) is 0 Å². The first kappa shape index (κ1) is 23.3. The van der Waals surface area contributed by atoms with Crippen molar-refractivity contribution in [2.75, 3.05) is 25.5 Å². The third-order valence-corrected chi connectivity index (χ3v) is 8.20. The maximum absolute atomic E-state index is 15.8. The number of halogens is 4. The Morgan fingerprint density at radius 3 is 2.91 bits per heavy atom. The number of alkyl halides is 2. The fraction of sp³-hybridized carbons (Fsp3) is 0.375. The van der Waals surface area contributed by atoms with E-state index < -0.39 is 39.3 Å². The van der Waals surface area contributed by atoms with Crippen molar-refractivity contribution in [3.05, 3.63) is 50.6 Å². The molecule has 5 rings (SSSR count). The second-order valence-corrected chi connectivity index (χ2v) is 10.9. The van der Waals surface area contributed by atoms with Crippen LogP contribution >= 0.6 is 0 Å². The molecule has 1 aliphatic carbocycles. The molecule has 0 bridgehead atoms. The van der Waals surface area contributed by atoms with Crippen LogP contribution in [-0.2, 0) is 4.74 Å². The summed E-state index contributed by atoms with van der Waals surface area (Å²) in [5, 5.41) is 4.85. The molecule has 4 heterocycles. The Labute approximate surface area is 206 Å². The molecule has 1 fully saturated rings. The average molecular weight is 582 g/mol. The van der Waals surface area contributed by atoms with Gasteiger partial charge in [0.25, 0.3) is 0 Å². The summed E-state index contributed by atoms with van der Waals surface area (Å²) < 4.78 is 53.9. The van der Waals surface area contributed by atoms with Gasteiger partial charge in [-0.05, 0) is 0 Å². The molecule has 1 saturated heterocycles. The molecular formula is C24H24F3IN5O-. The van der Waals surface area contributed by atoms with Crippen LogP contribution in [0.4, 0.5) is 18.9 Å². The van der Waals surface area contributed by atoms with Crippen molar-refractivity contribution >= 4 is 23.4 Å². The van der Waals surface area contributed by atoms with Crippen molar-refractivity contribution in [2.45, 2.75) is 38.2 Å². The molecule has 1 N–H and O–H groups in total. The van der Waals surface area contributed by atoms with E-state index in [1.165, 1.54) is 0 Å². The quantitative estimate of drug-likeness (QED) is 0.405. The molecular weight excluding hydrogens is 558 g/mol. The van der Waals surface area contributed by atoms with Crippen LogP contribution in [0.1, 0.15) is 26.2 Å². The van der Waals surface area contributed by atoms with Crippen molar-refractivity contribution in [1.82, 2.24) is 14.9 Å². The summed E-state index contributed by atoms with van der Waals surface area (Å²) in [6, 6.07) is -0.252. The first-order valence-corrected chi connectivity index (χ1v) is 13.0. The molecule has 1 atom stereocenters. The average Bonchev–Trinajstić information content (AvgIpc) is 3.07. The van der Waals surface area contributed by atoms with Gasteiger partial charge in [0.05, 0.1) is 0 Å². The van der Waals surface area contributed by atoms with Crippen LogP contribution in [0, 0.1) is 9.39 Å². The van der Waals surface area contributed by atoms with Gasteiger partial charge in [0.1, 0.15) is 0 Å². The van der Waals surface area contributed by atoms with Crippen molar-refractivity contribution in [3.63, 3.8) is 0 Å². The van der Waals surface area contributed by atoms with Gasteiger partial charge < -0.3 is 0 Å². The first-order chi connectivity index (χ1) is 16.3. The Bertz CT molecular complexity index is 1310. The molecule has 2 aromatic rings. The number of likely N-dealkylation sites (tertiary alicyclic amines) is 1. The number of aromatic nitrogens is 2. The van der Waals surface area contributed by atoms with Crippen LogP contribution in [0.15, 0.2) is 33.9 Å².